The molecule has 7 nitrogen and oxygen atoms in total. The van der Waals surface area contributed by atoms with Gasteiger partial charge in [-0.2, -0.15) is 3.97 Å². The van der Waals surface area contributed by atoms with Crippen molar-refractivity contribution in [2.45, 2.75) is 51.6 Å². The molecule has 2 aromatic rings. The Hall–Kier alpha value is -2.35. The van der Waals surface area contributed by atoms with Gasteiger partial charge in [0.15, 0.2) is 0 Å². The molecule has 8 heteroatoms. The highest BCUT2D eigenvalue weighted by Gasteiger charge is 2.22. The number of imidazole rings is 1. The highest BCUT2D eigenvalue weighted by Crippen LogP contribution is 2.16. The first-order valence-electron chi connectivity index (χ1n) is 7.83. The maximum absolute atomic E-state index is 12.7. The van der Waals surface area contributed by atoms with Gasteiger partial charge in [0.1, 0.15) is 6.54 Å². The fourth-order valence-electron chi connectivity index (χ4n) is 2.30. The zero-order valence-electron chi connectivity index (χ0n) is 15.0. The van der Waals surface area contributed by atoms with E-state index in [-0.39, 0.29) is 17.3 Å². The second-order valence-electron chi connectivity index (χ2n) is 7.05. The standard InChI is InChI=1S/C17H23N3O4S/c1-12-6-7-14(10-13(12)2)25(23,24)20-9-8-19(16(20)22)11-15(21)18-17(3,4)5/h6-10H,11H2,1-5H3,(H,18,21). The summed E-state index contributed by atoms with van der Waals surface area (Å²) < 4.78 is 27.1. The van der Waals surface area contributed by atoms with Crippen molar-refractivity contribution in [3.8, 4) is 0 Å². The number of benzene rings is 1. The molecule has 0 bridgehead atoms. The Morgan fingerprint density at radius 3 is 2.32 bits per heavy atom. The molecule has 0 unspecified atom stereocenters. The van der Waals surface area contributed by atoms with Crippen LogP contribution in [0.1, 0.15) is 31.9 Å². The van der Waals surface area contributed by atoms with Gasteiger partial charge < -0.3 is 5.32 Å². The molecule has 0 aliphatic rings. The van der Waals surface area contributed by atoms with E-state index in [1.54, 1.807) is 13.0 Å². The molecule has 0 atom stereocenters. The van der Waals surface area contributed by atoms with Gasteiger partial charge in [0.2, 0.25) is 5.91 Å². The smallest absolute Gasteiger partial charge is 0.342 e. The van der Waals surface area contributed by atoms with E-state index < -0.39 is 21.3 Å². The maximum atomic E-state index is 12.7. The Balaban J connectivity index is 2.35. The lowest BCUT2D eigenvalue weighted by molar-refractivity contribution is -0.123. The lowest BCUT2D eigenvalue weighted by Gasteiger charge is -2.20. The molecule has 25 heavy (non-hydrogen) atoms. The highest BCUT2D eigenvalue weighted by molar-refractivity contribution is 7.90. The van der Waals surface area contributed by atoms with E-state index in [0.717, 1.165) is 21.9 Å². The first kappa shape index (κ1) is 19.0. The van der Waals surface area contributed by atoms with Crippen LogP contribution >= 0.6 is 0 Å². The quantitative estimate of drug-likeness (QED) is 0.887. The van der Waals surface area contributed by atoms with Gasteiger partial charge in [-0.15, -0.1) is 0 Å². The van der Waals surface area contributed by atoms with Gasteiger partial charge in [-0.25, -0.2) is 13.2 Å². The molecule has 136 valence electrons. The summed E-state index contributed by atoms with van der Waals surface area (Å²) in [6, 6.07) is 4.69. The van der Waals surface area contributed by atoms with Gasteiger partial charge in [0, 0.05) is 17.9 Å². The minimum Gasteiger partial charge on any atom is -0.350 e. The van der Waals surface area contributed by atoms with Crippen molar-refractivity contribution in [2.75, 3.05) is 0 Å². The summed E-state index contributed by atoms with van der Waals surface area (Å²) in [6.45, 7) is 8.90. The molecule has 1 amide bonds. The van der Waals surface area contributed by atoms with Crippen LogP contribution in [0.3, 0.4) is 0 Å². The van der Waals surface area contributed by atoms with Crippen LogP contribution in [0.25, 0.3) is 0 Å². The average Bonchev–Trinajstić information content (AvgIpc) is 2.81. The monoisotopic (exact) mass is 365 g/mol. The normalized spacial score (nSPS) is 12.2. The van der Waals surface area contributed by atoms with Gasteiger partial charge in [0.25, 0.3) is 10.0 Å². The van der Waals surface area contributed by atoms with Crippen LogP contribution in [-0.2, 0) is 21.4 Å². The topological polar surface area (TPSA) is 90.2 Å². The molecule has 1 aromatic heterocycles. The van der Waals surface area contributed by atoms with E-state index in [0.29, 0.717) is 3.97 Å². The number of carbonyl (C=O) groups excluding carboxylic acids is 1. The molecule has 0 saturated carbocycles. The van der Waals surface area contributed by atoms with Crippen molar-refractivity contribution in [2.24, 2.45) is 0 Å². The number of carbonyl (C=O) groups is 1. The molecule has 0 fully saturated rings. The minimum absolute atomic E-state index is 0.0367. The Labute approximate surface area is 147 Å². The number of aryl methyl sites for hydroxylation is 2. The molecular formula is C17H23N3O4S. The van der Waals surface area contributed by atoms with Crippen LogP contribution in [0, 0.1) is 13.8 Å². The van der Waals surface area contributed by atoms with Crippen LogP contribution in [-0.4, -0.2) is 28.4 Å². The number of aromatic nitrogens is 2. The predicted octanol–water partition coefficient (Wildman–Crippen LogP) is 1.42. The summed E-state index contributed by atoms with van der Waals surface area (Å²) in [5.41, 5.74) is 0.567. The molecule has 1 aromatic carbocycles. The fraction of sp³-hybridized carbons (Fsp3) is 0.412. The number of hydrogen-bond donors (Lipinski definition) is 1. The van der Waals surface area contributed by atoms with Gasteiger partial charge in [0.05, 0.1) is 4.90 Å². The highest BCUT2D eigenvalue weighted by atomic mass is 32.2. The lowest BCUT2D eigenvalue weighted by Crippen LogP contribution is -2.43. The zero-order valence-corrected chi connectivity index (χ0v) is 15.8. The average molecular weight is 365 g/mol. The first-order valence-corrected chi connectivity index (χ1v) is 9.27. The molecule has 0 saturated heterocycles. The van der Waals surface area contributed by atoms with Crippen molar-refractivity contribution in [3.05, 3.63) is 52.2 Å². The van der Waals surface area contributed by atoms with Gasteiger partial charge in [-0.3, -0.25) is 9.36 Å². The molecule has 1 N–H and O–H groups in total. The number of rotatable bonds is 4. The largest absolute Gasteiger partial charge is 0.350 e. The van der Waals surface area contributed by atoms with E-state index in [9.17, 15) is 18.0 Å². The minimum atomic E-state index is -4.01. The van der Waals surface area contributed by atoms with Crippen LogP contribution in [0.15, 0.2) is 40.3 Å². The predicted molar refractivity (Wildman–Crippen MR) is 95.1 cm³/mol. The Kier molecular flexibility index (Phi) is 4.94. The van der Waals surface area contributed by atoms with Crippen molar-refractivity contribution >= 4 is 15.9 Å². The van der Waals surface area contributed by atoms with Crippen molar-refractivity contribution < 1.29 is 13.2 Å². The lowest BCUT2D eigenvalue weighted by atomic mass is 10.1. The number of nitrogens with zero attached hydrogens (tertiary/aromatic N) is 2. The molecule has 0 radical (unpaired) electrons. The summed E-state index contributed by atoms with van der Waals surface area (Å²) in [4.78, 5) is 24.4. The van der Waals surface area contributed by atoms with Crippen molar-refractivity contribution in [1.29, 1.82) is 0 Å². The first-order chi connectivity index (χ1) is 11.4. The number of nitrogens with one attached hydrogen (secondary N) is 1. The van der Waals surface area contributed by atoms with E-state index in [4.69, 9.17) is 0 Å². The van der Waals surface area contributed by atoms with Crippen LogP contribution < -0.4 is 11.0 Å². The van der Waals surface area contributed by atoms with Crippen LogP contribution in [0.4, 0.5) is 0 Å². The number of amides is 1. The van der Waals surface area contributed by atoms with Crippen LogP contribution in [0.5, 0.6) is 0 Å². The summed E-state index contributed by atoms with van der Waals surface area (Å²) in [7, 11) is -4.01. The summed E-state index contributed by atoms with van der Waals surface area (Å²) in [6.07, 6.45) is 2.46. The third kappa shape index (κ3) is 4.19. The second-order valence-corrected chi connectivity index (χ2v) is 8.87. The van der Waals surface area contributed by atoms with Gasteiger partial charge in [-0.05, 0) is 57.9 Å². The Bertz CT molecular complexity index is 963. The Morgan fingerprint density at radius 1 is 1.12 bits per heavy atom. The summed E-state index contributed by atoms with van der Waals surface area (Å²) in [5.74, 6) is -0.365. The summed E-state index contributed by atoms with van der Waals surface area (Å²) in [5, 5.41) is 2.73. The molecule has 0 aliphatic heterocycles. The third-order valence-corrected chi connectivity index (χ3v) is 5.33. The van der Waals surface area contributed by atoms with E-state index in [2.05, 4.69) is 5.32 Å². The van der Waals surface area contributed by atoms with E-state index in [1.807, 2.05) is 27.7 Å². The Morgan fingerprint density at radius 2 is 1.76 bits per heavy atom. The number of hydrogen-bond acceptors (Lipinski definition) is 4. The fourth-order valence-corrected chi connectivity index (χ4v) is 3.62. The van der Waals surface area contributed by atoms with Gasteiger partial charge >= 0.3 is 5.69 Å². The molecule has 0 spiro atoms. The SMILES string of the molecule is Cc1ccc(S(=O)(=O)n2ccn(CC(=O)NC(C)(C)C)c2=O)cc1C. The maximum Gasteiger partial charge on any atom is 0.342 e. The third-order valence-electron chi connectivity index (χ3n) is 3.68. The van der Waals surface area contributed by atoms with E-state index >= 15 is 0 Å². The molecular weight excluding hydrogens is 342 g/mol. The molecule has 2 rings (SSSR count). The second kappa shape index (κ2) is 6.51. The molecule has 0 aliphatic carbocycles. The van der Waals surface area contributed by atoms with Crippen LogP contribution in [0.2, 0.25) is 0 Å². The van der Waals surface area contributed by atoms with Crippen molar-refractivity contribution in [1.82, 2.24) is 13.9 Å². The molecule has 1 heterocycles. The van der Waals surface area contributed by atoms with Gasteiger partial charge in [-0.1, -0.05) is 6.07 Å². The zero-order chi connectivity index (χ0) is 19.0. The van der Waals surface area contributed by atoms with Crippen molar-refractivity contribution in [3.63, 3.8) is 0 Å². The summed E-state index contributed by atoms with van der Waals surface area (Å²) >= 11 is 0. The van der Waals surface area contributed by atoms with E-state index in [1.165, 1.54) is 18.3 Å².